The summed E-state index contributed by atoms with van der Waals surface area (Å²) in [6, 6.07) is 13.6. The van der Waals surface area contributed by atoms with E-state index in [1.54, 1.807) is 48.5 Å². The standard InChI is InChI=1S/C18H15NO4S/c1-13-6-9-15(10-7-13)24(22,23)19-12-14(8-11-18(20)21)16-4-2-3-5-17(16)19/h2-12H,1H3,(H,20,21)/b11-8+. The van der Waals surface area contributed by atoms with Crippen LogP contribution in [0, 0.1) is 6.92 Å². The second kappa shape index (κ2) is 5.98. The van der Waals surface area contributed by atoms with Gasteiger partial charge in [0, 0.05) is 23.2 Å². The lowest BCUT2D eigenvalue weighted by Gasteiger charge is -2.07. The first-order valence-corrected chi connectivity index (χ1v) is 8.67. The maximum Gasteiger partial charge on any atom is 0.328 e. The molecule has 0 saturated carbocycles. The second-order valence-corrected chi connectivity index (χ2v) is 7.20. The number of carbonyl (C=O) groups is 1. The molecule has 1 aromatic heterocycles. The molecule has 0 fully saturated rings. The lowest BCUT2D eigenvalue weighted by Crippen LogP contribution is -2.11. The third-order valence-electron chi connectivity index (χ3n) is 3.69. The highest BCUT2D eigenvalue weighted by atomic mass is 32.2. The first-order valence-electron chi connectivity index (χ1n) is 7.23. The predicted octanol–water partition coefficient (Wildman–Crippen LogP) is 3.28. The SMILES string of the molecule is Cc1ccc(S(=O)(=O)n2cc(/C=C/C(=O)O)c3ccccc32)cc1. The molecule has 0 atom stereocenters. The van der Waals surface area contributed by atoms with E-state index in [4.69, 9.17) is 5.11 Å². The van der Waals surface area contributed by atoms with E-state index in [0.29, 0.717) is 16.5 Å². The fourth-order valence-corrected chi connectivity index (χ4v) is 3.87. The Morgan fingerprint density at radius 3 is 2.42 bits per heavy atom. The highest BCUT2D eigenvalue weighted by Crippen LogP contribution is 2.27. The summed E-state index contributed by atoms with van der Waals surface area (Å²) in [6.07, 6.45) is 3.83. The molecule has 0 aliphatic heterocycles. The van der Waals surface area contributed by atoms with Crippen LogP contribution in [0.3, 0.4) is 0 Å². The average molecular weight is 341 g/mol. The molecule has 6 heteroatoms. The fourth-order valence-electron chi connectivity index (χ4n) is 2.49. The highest BCUT2D eigenvalue weighted by molar-refractivity contribution is 7.90. The van der Waals surface area contributed by atoms with Crippen molar-refractivity contribution < 1.29 is 18.3 Å². The van der Waals surface area contributed by atoms with Crippen LogP contribution in [-0.2, 0) is 14.8 Å². The molecule has 0 saturated heterocycles. The van der Waals surface area contributed by atoms with Crippen molar-refractivity contribution in [1.82, 2.24) is 3.97 Å². The first-order chi connectivity index (χ1) is 11.4. The van der Waals surface area contributed by atoms with Gasteiger partial charge in [0.2, 0.25) is 0 Å². The number of rotatable bonds is 4. The van der Waals surface area contributed by atoms with Gasteiger partial charge in [-0.1, -0.05) is 35.9 Å². The fraction of sp³-hybridized carbons (Fsp3) is 0.0556. The number of fused-ring (bicyclic) bond motifs is 1. The Balaban J connectivity index is 2.22. The van der Waals surface area contributed by atoms with Crippen LogP contribution in [0.15, 0.2) is 65.7 Å². The number of carboxylic acids is 1. The van der Waals surface area contributed by atoms with E-state index in [-0.39, 0.29) is 4.90 Å². The summed E-state index contributed by atoms with van der Waals surface area (Å²) in [5.41, 5.74) is 2.00. The van der Waals surface area contributed by atoms with Gasteiger partial charge < -0.3 is 5.11 Å². The minimum absolute atomic E-state index is 0.183. The molecule has 0 aliphatic rings. The molecule has 0 spiro atoms. The molecule has 3 aromatic rings. The zero-order valence-corrected chi connectivity index (χ0v) is 13.7. The molecule has 0 radical (unpaired) electrons. The predicted molar refractivity (Wildman–Crippen MR) is 92.4 cm³/mol. The summed E-state index contributed by atoms with van der Waals surface area (Å²) in [7, 11) is -3.76. The molecule has 0 unspecified atom stereocenters. The highest BCUT2D eigenvalue weighted by Gasteiger charge is 2.20. The maximum atomic E-state index is 12.9. The zero-order chi connectivity index (χ0) is 17.3. The van der Waals surface area contributed by atoms with Gasteiger partial charge in [0.25, 0.3) is 10.0 Å². The number of hydrogen-bond donors (Lipinski definition) is 1. The molecule has 5 nitrogen and oxygen atoms in total. The molecule has 2 aromatic carbocycles. The number of hydrogen-bond acceptors (Lipinski definition) is 3. The third-order valence-corrected chi connectivity index (χ3v) is 5.38. The van der Waals surface area contributed by atoms with E-state index in [1.807, 2.05) is 6.92 Å². The van der Waals surface area contributed by atoms with Crippen LogP contribution in [0.5, 0.6) is 0 Å². The molecule has 122 valence electrons. The Bertz CT molecular complexity index is 1040. The normalized spacial score (nSPS) is 12.0. The summed E-state index contributed by atoms with van der Waals surface area (Å²) in [5, 5.41) is 9.48. The Morgan fingerprint density at radius 2 is 1.75 bits per heavy atom. The van der Waals surface area contributed by atoms with Gasteiger partial charge in [-0.25, -0.2) is 17.2 Å². The smallest absolute Gasteiger partial charge is 0.328 e. The lowest BCUT2D eigenvalue weighted by molar-refractivity contribution is -0.131. The monoisotopic (exact) mass is 341 g/mol. The van der Waals surface area contributed by atoms with Crippen molar-refractivity contribution in [2.24, 2.45) is 0 Å². The van der Waals surface area contributed by atoms with Crippen LogP contribution in [0.4, 0.5) is 0 Å². The maximum absolute atomic E-state index is 12.9. The van der Waals surface area contributed by atoms with Crippen LogP contribution < -0.4 is 0 Å². The van der Waals surface area contributed by atoms with E-state index in [1.165, 1.54) is 16.2 Å². The number of aromatic nitrogens is 1. The van der Waals surface area contributed by atoms with Gasteiger partial charge in [0.1, 0.15) is 0 Å². The van der Waals surface area contributed by atoms with Crippen LogP contribution >= 0.6 is 0 Å². The molecule has 1 N–H and O–H groups in total. The molecular formula is C18H15NO4S. The van der Waals surface area contributed by atoms with Gasteiger partial charge in [-0.3, -0.25) is 0 Å². The van der Waals surface area contributed by atoms with Gasteiger partial charge >= 0.3 is 5.97 Å². The van der Waals surface area contributed by atoms with Gasteiger partial charge in [0.05, 0.1) is 10.4 Å². The van der Waals surface area contributed by atoms with E-state index in [2.05, 4.69) is 0 Å². The van der Waals surface area contributed by atoms with Crippen molar-refractivity contribution in [3.8, 4) is 0 Å². The van der Waals surface area contributed by atoms with E-state index in [9.17, 15) is 13.2 Å². The summed E-state index contributed by atoms with van der Waals surface area (Å²) >= 11 is 0. The van der Waals surface area contributed by atoms with Crippen molar-refractivity contribution in [1.29, 1.82) is 0 Å². The number of nitrogens with zero attached hydrogens (tertiary/aromatic N) is 1. The first kappa shape index (κ1) is 16.0. The molecule has 3 rings (SSSR count). The number of para-hydroxylation sites is 1. The summed E-state index contributed by atoms with van der Waals surface area (Å²) < 4.78 is 27.1. The molecule has 0 aliphatic carbocycles. The second-order valence-electron chi connectivity index (χ2n) is 5.39. The van der Waals surface area contributed by atoms with Crippen molar-refractivity contribution in [2.75, 3.05) is 0 Å². The topological polar surface area (TPSA) is 76.4 Å². The molecule has 1 heterocycles. The zero-order valence-electron chi connectivity index (χ0n) is 12.9. The minimum Gasteiger partial charge on any atom is -0.478 e. The largest absolute Gasteiger partial charge is 0.478 e. The van der Waals surface area contributed by atoms with Gasteiger partial charge in [-0.05, 0) is 31.2 Å². The average Bonchev–Trinajstić information content (AvgIpc) is 2.93. The van der Waals surface area contributed by atoms with Crippen LogP contribution in [-0.4, -0.2) is 23.5 Å². The summed E-state index contributed by atoms with van der Waals surface area (Å²) in [6.45, 7) is 1.89. The molecule has 24 heavy (non-hydrogen) atoms. The van der Waals surface area contributed by atoms with Gasteiger partial charge in [0.15, 0.2) is 0 Å². The number of aryl methyl sites for hydroxylation is 1. The number of benzene rings is 2. The van der Waals surface area contributed by atoms with Crippen molar-refractivity contribution >= 4 is 33.0 Å². The van der Waals surface area contributed by atoms with Gasteiger partial charge in [-0.2, -0.15) is 0 Å². The Labute approximate surface area is 139 Å². The van der Waals surface area contributed by atoms with Crippen LogP contribution in [0.25, 0.3) is 17.0 Å². The quantitative estimate of drug-likeness (QED) is 0.739. The van der Waals surface area contributed by atoms with E-state index < -0.39 is 16.0 Å². The minimum atomic E-state index is -3.76. The Kier molecular flexibility index (Phi) is 3.99. The van der Waals surface area contributed by atoms with Crippen LogP contribution in [0.2, 0.25) is 0 Å². The third kappa shape index (κ3) is 2.83. The molecule has 0 amide bonds. The van der Waals surface area contributed by atoms with Crippen LogP contribution in [0.1, 0.15) is 11.1 Å². The summed E-state index contributed by atoms with van der Waals surface area (Å²) in [4.78, 5) is 10.9. The lowest BCUT2D eigenvalue weighted by atomic mass is 10.1. The number of carboxylic acid groups (broad SMARTS) is 1. The summed E-state index contributed by atoms with van der Waals surface area (Å²) in [5.74, 6) is -1.09. The number of aliphatic carboxylic acids is 1. The van der Waals surface area contributed by atoms with Crippen molar-refractivity contribution in [2.45, 2.75) is 11.8 Å². The molecular weight excluding hydrogens is 326 g/mol. The van der Waals surface area contributed by atoms with Gasteiger partial charge in [-0.15, -0.1) is 0 Å². The van der Waals surface area contributed by atoms with Crippen molar-refractivity contribution in [3.05, 3.63) is 71.9 Å². The molecule has 0 bridgehead atoms. The van der Waals surface area contributed by atoms with E-state index in [0.717, 1.165) is 11.6 Å². The van der Waals surface area contributed by atoms with Crippen molar-refractivity contribution in [3.63, 3.8) is 0 Å². The Hall–Kier alpha value is -2.86. The van der Waals surface area contributed by atoms with E-state index >= 15 is 0 Å². The Morgan fingerprint density at radius 1 is 1.08 bits per heavy atom.